The van der Waals surface area contributed by atoms with E-state index in [4.69, 9.17) is 5.73 Å². The molecule has 0 aromatic heterocycles. The van der Waals surface area contributed by atoms with E-state index in [-0.39, 0.29) is 17.2 Å². The fraction of sp³-hybridized carbons (Fsp3) is 0.941. The van der Waals surface area contributed by atoms with Crippen LogP contribution in [0.5, 0.6) is 0 Å². The number of carbonyl (C=O) groups excluding carboxylic acids is 1. The van der Waals surface area contributed by atoms with Gasteiger partial charge >= 0.3 is 0 Å². The first kappa shape index (κ1) is 19.4. The van der Waals surface area contributed by atoms with E-state index in [1.54, 1.807) is 0 Å². The van der Waals surface area contributed by atoms with Crippen LogP contribution in [0, 0.1) is 17.3 Å². The van der Waals surface area contributed by atoms with Crippen molar-refractivity contribution in [3.05, 3.63) is 0 Å². The molecule has 0 saturated heterocycles. The van der Waals surface area contributed by atoms with E-state index in [2.05, 4.69) is 39.9 Å². The summed E-state index contributed by atoms with van der Waals surface area (Å²) in [7, 11) is 0. The highest BCUT2D eigenvalue weighted by Crippen LogP contribution is 2.23. The van der Waals surface area contributed by atoms with Crippen molar-refractivity contribution in [3.63, 3.8) is 0 Å². The summed E-state index contributed by atoms with van der Waals surface area (Å²) < 4.78 is 0. The summed E-state index contributed by atoms with van der Waals surface area (Å²) >= 11 is 0. The van der Waals surface area contributed by atoms with Crippen molar-refractivity contribution >= 4 is 5.91 Å². The molecule has 0 aromatic rings. The summed E-state index contributed by atoms with van der Waals surface area (Å²) in [5, 5.41) is 3.04. The molecular weight excluding hydrogens is 248 g/mol. The quantitative estimate of drug-likeness (QED) is 0.601. The summed E-state index contributed by atoms with van der Waals surface area (Å²) in [6.07, 6.45) is 7.03. The van der Waals surface area contributed by atoms with Gasteiger partial charge in [0.2, 0.25) is 5.91 Å². The standard InChI is InChI=1S/C17H36N2O/c1-14(2)10-8-6-7-9-11-19-16(20)15(13-18)12-17(3,4)5/h14-15H,6-13,18H2,1-5H3,(H,19,20). The summed E-state index contributed by atoms with van der Waals surface area (Å²) in [5.41, 5.74) is 5.87. The molecule has 1 atom stereocenters. The van der Waals surface area contributed by atoms with E-state index in [1.165, 1.54) is 25.7 Å². The van der Waals surface area contributed by atoms with E-state index in [9.17, 15) is 4.79 Å². The van der Waals surface area contributed by atoms with Crippen molar-refractivity contribution in [1.29, 1.82) is 0 Å². The Morgan fingerprint density at radius 2 is 1.70 bits per heavy atom. The lowest BCUT2D eigenvalue weighted by atomic mass is 9.84. The molecule has 1 unspecified atom stereocenters. The van der Waals surface area contributed by atoms with E-state index < -0.39 is 0 Å². The molecular formula is C17H36N2O. The Balaban J connectivity index is 3.70. The van der Waals surface area contributed by atoms with Gasteiger partial charge in [0.15, 0.2) is 0 Å². The maximum absolute atomic E-state index is 12.0. The summed E-state index contributed by atoms with van der Waals surface area (Å²) in [4.78, 5) is 12.0. The van der Waals surface area contributed by atoms with Crippen molar-refractivity contribution in [2.24, 2.45) is 23.0 Å². The van der Waals surface area contributed by atoms with Gasteiger partial charge in [-0.25, -0.2) is 0 Å². The lowest BCUT2D eigenvalue weighted by Gasteiger charge is -2.24. The smallest absolute Gasteiger partial charge is 0.224 e. The zero-order valence-electron chi connectivity index (χ0n) is 14.3. The first-order valence-corrected chi connectivity index (χ1v) is 8.24. The van der Waals surface area contributed by atoms with Gasteiger partial charge < -0.3 is 11.1 Å². The van der Waals surface area contributed by atoms with E-state index >= 15 is 0 Å². The minimum atomic E-state index is -0.0454. The van der Waals surface area contributed by atoms with Gasteiger partial charge in [-0.05, 0) is 24.2 Å². The van der Waals surface area contributed by atoms with Crippen molar-refractivity contribution in [1.82, 2.24) is 5.32 Å². The lowest BCUT2D eigenvalue weighted by Crippen LogP contribution is -2.37. The molecule has 0 bridgehead atoms. The Morgan fingerprint density at radius 3 is 2.20 bits per heavy atom. The van der Waals surface area contributed by atoms with Crippen LogP contribution in [0.4, 0.5) is 0 Å². The van der Waals surface area contributed by atoms with Gasteiger partial charge in [-0.1, -0.05) is 60.3 Å². The number of hydrogen-bond donors (Lipinski definition) is 2. The monoisotopic (exact) mass is 284 g/mol. The molecule has 0 heterocycles. The Bertz CT molecular complexity index is 256. The highest BCUT2D eigenvalue weighted by molar-refractivity contribution is 5.78. The number of nitrogens with two attached hydrogens (primary N) is 1. The molecule has 0 aromatic carbocycles. The van der Waals surface area contributed by atoms with Gasteiger partial charge in [-0.2, -0.15) is 0 Å². The fourth-order valence-corrected chi connectivity index (χ4v) is 2.41. The molecule has 120 valence electrons. The van der Waals surface area contributed by atoms with Crippen LogP contribution in [0.25, 0.3) is 0 Å². The fourth-order valence-electron chi connectivity index (χ4n) is 2.41. The number of hydrogen-bond acceptors (Lipinski definition) is 2. The number of carbonyl (C=O) groups is 1. The second-order valence-corrected chi connectivity index (χ2v) is 7.59. The second-order valence-electron chi connectivity index (χ2n) is 7.59. The van der Waals surface area contributed by atoms with Crippen LogP contribution in [0.3, 0.4) is 0 Å². The normalized spacial score (nSPS) is 13.6. The molecule has 0 rings (SSSR count). The molecule has 3 nitrogen and oxygen atoms in total. The average molecular weight is 284 g/mol. The van der Waals surface area contributed by atoms with Crippen molar-refractivity contribution in [2.75, 3.05) is 13.1 Å². The zero-order valence-corrected chi connectivity index (χ0v) is 14.3. The summed E-state index contributed by atoms with van der Waals surface area (Å²) in [6, 6.07) is 0. The third-order valence-electron chi connectivity index (χ3n) is 3.52. The second kappa shape index (κ2) is 10.2. The summed E-state index contributed by atoms with van der Waals surface area (Å²) in [6.45, 7) is 12.2. The molecule has 3 heteroatoms. The molecule has 1 amide bonds. The van der Waals surface area contributed by atoms with Gasteiger partial charge in [-0.15, -0.1) is 0 Å². The Labute approximate surface area is 126 Å². The topological polar surface area (TPSA) is 55.1 Å². The molecule has 20 heavy (non-hydrogen) atoms. The van der Waals surface area contributed by atoms with E-state index in [0.29, 0.717) is 6.54 Å². The third kappa shape index (κ3) is 11.3. The minimum Gasteiger partial charge on any atom is -0.356 e. The SMILES string of the molecule is CC(C)CCCCCCNC(=O)C(CN)CC(C)(C)C. The molecule has 0 aliphatic heterocycles. The van der Waals surface area contributed by atoms with Crippen LogP contribution >= 0.6 is 0 Å². The largest absolute Gasteiger partial charge is 0.356 e. The highest BCUT2D eigenvalue weighted by atomic mass is 16.1. The van der Waals surface area contributed by atoms with Crippen LogP contribution in [0.2, 0.25) is 0 Å². The first-order chi connectivity index (χ1) is 9.26. The lowest BCUT2D eigenvalue weighted by molar-refractivity contribution is -0.125. The molecule has 3 N–H and O–H groups in total. The van der Waals surface area contributed by atoms with Gasteiger partial charge in [0, 0.05) is 13.1 Å². The number of nitrogens with one attached hydrogen (secondary N) is 1. The molecule has 0 radical (unpaired) electrons. The predicted molar refractivity (Wildman–Crippen MR) is 87.5 cm³/mol. The van der Waals surface area contributed by atoms with Gasteiger partial charge in [0.25, 0.3) is 0 Å². The average Bonchev–Trinajstić information content (AvgIpc) is 2.33. The maximum Gasteiger partial charge on any atom is 0.224 e. The Hall–Kier alpha value is -0.570. The van der Waals surface area contributed by atoms with Gasteiger partial charge in [0.05, 0.1) is 5.92 Å². The number of rotatable bonds is 10. The molecule has 0 aliphatic carbocycles. The van der Waals surface area contributed by atoms with Crippen LogP contribution < -0.4 is 11.1 Å². The van der Waals surface area contributed by atoms with Crippen molar-refractivity contribution in [3.8, 4) is 0 Å². The maximum atomic E-state index is 12.0. The van der Waals surface area contributed by atoms with Crippen LogP contribution in [-0.4, -0.2) is 19.0 Å². The molecule has 0 fully saturated rings. The Kier molecular flexibility index (Phi) is 9.91. The number of unbranched alkanes of at least 4 members (excludes halogenated alkanes) is 3. The van der Waals surface area contributed by atoms with E-state index in [1.807, 2.05) is 0 Å². The number of amides is 1. The zero-order chi connectivity index (χ0) is 15.6. The predicted octanol–water partition coefficient (Wildman–Crippen LogP) is 3.72. The van der Waals surface area contributed by atoms with Crippen molar-refractivity contribution < 1.29 is 4.79 Å². The Morgan fingerprint density at radius 1 is 1.10 bits per heavy atom. The molecule has 0 saturated carbocycles. The van der Waals surface area contributed by atoms with E-state index in [0.717, 1.165) is 25.3 Å². The van der Waals surface area contributed by atoms with Gasteiger partial charge in [-0.3, -0.25) is 4.79 Å². The molecule has 0 aliphatic rings. The van der Waals surface area contributed by atoms with Crippen LogP contribution in [0.1, 0.15) is 73.1 Å². The first-order valence-electron chi connectivity index (χ1n) is 8.24. The molecule has 0 spiro atoms. The van der Waals surface area contributed by atoms with Crippen molar-refractivity contribution in [2.45, 2.75) is 73.1 Å². The van der Waals surface area contributed by atoms with Crippen LogP contribution in [-0.2, 0) is 4.79 Å². The van der Waals surface area contributed by atoms with Gasteiger partial charge in [0.1, 0.15) is 0 Å². The summed E-state index contributed by atoms with van der Waals surface area (Å²) in [5.74, 6) is 0.887. The highest BCUT2D eigenvalue weighted by Gasteiger charge is 2.23. The third-order valence-corrected chi connectivity index (χ3v) is 3.52. The minimum absolute atomic E-state index is 0.0454. The van der Waals surface area contributed by atoms with Crippen LogP contribution in [0.15, 0.2) is 0 Å².